The van der Waals surface area contributed by atoms with Gasteiger partial charge in [-0.1, -0.05) is 6.07 Å². The predicted molar refractivity (Wildman–Crippen MR) is 142 cm³/mol. The normalized spacial score (nSPS) is 19.9. The van der Waals surface area contributed by atoms with E-state index in [1.807, 2.05) is 24.3 Å². The van der Waals surface area contributed by atoms with Crippen molar-refractivity contribution in [3.63, 3.8) is 0 Å². The van der Waals surface area contributed by atoms with E-state index in [0.717, 1.165) is 51.0 Å². The van der Waals surface area contributed by atoms with Crippen LogP contribution in [-0.2, 0) is 4.74 Å². The molecule has 38 heavy (non-hydrogen) atoms. The average Bonchev–Trinajstić information content (AvgIpc) is 3.54. The van der Waals surface area contributed by atoms with Crippen molar-refractivity contribution in [2.24, 2.45) is 0 Å². The fraction of sp³-hybridized carbons (Fsp3) is 0.333. The third-order valence-corrected chi connectivity index (χ3v) is 7.16. The van der Waals surface area contributed by atoms with Crippen molar-refractivity contribution in [1.82, 2.24) is 20.1 Å². The van der Waals surface area contributed by atoms with Crippen molar-refractivity contribution in [3.05, 3.63) is 77.3 Å². The number of nitrogens with zero attached hydrogens (tertiary/aromatic N) is 3. The molecule has 0 saturated carbocycles. The smallest absolute Gasteiger partial charge is 0.335 e. The minimum absolute atomic E-state index is 0.127. The Hall–Kier alpha value is -3.80. The number of rotatable bonds is 9. The van der Waals surface area contributed by atoms with Gasteiger partial charge in [0.05, 0.1) is 36.1 Å². The molecule has 0 unspecified atom stereocenters. The molecule has 2 aromatic heterocycles. The van der Waals surface area contributed by atoms with Crippen molar-refractivity contribution in [3.8, 4) is 11.3 Å². The summed E-state index contributed by atoms with van der Waals surface area (Å²) in [6, 6.07) is 12.7. The number of nitrogens with one attached hydrogen (secondary N) is 1. The number of aromatic carboxylic acids is 2. The maximum absolute atomic E-state index is 11.6. The van der Waals surface area contributed by atoms with Gasteiger partial charge in [0.2, 0.25) is 0 Å². The lowest BCUT2D eigenvalue weighted by molar-refractivity contribution is 0.0365. The molecule has 198 valence electrons. The van der Waals surface area contributed by atoms with Crippen LogP contribution in [0.1, 0.15) is 50.7 Å². The Morgan fingerprint density at radius 3 is 2.42 bits per heavy atom. The molecule has 0 amide bonds. The van der Waals surface area contributed by atoms with E-state index in [0.29, 0.717) is 28.7 Å². The molecule has 0 radical (unpaired) electrons. The second-order valence-electron chi connectivity index (χ2n) is 9.24. The Morgan fingerprint density at radius 1 is 1.03 bits per heavy atom. The minimum atomic E-state index is -1.21. The lowest BCUT2D eigenvalue weighted by Crippen LogP contribution is -2.38. The van der Waals surface area contributed by atoms with Crippen LogP contribution in [0.4, 0.5) is 0 Å². The third-order valence-electron chi connectivity index (χ3n) is 6.80. The summed E-state index contributed by atoms with van der Waals surface area (Å²) < 4.78 is 11.7. The molecular formula is C27H28N4O6S. The SMILES string of the molecule is O=C(O)c1cc(C(=O)O)cc(-c2ccc([C@H]3[C@H](c4ccccn4)NC(=S)N3CCCN3CCOCC3)o2)c1. The second-order valence-corrected chi connectivity index (χ2v) is 9.63. The highest BCUT2D eigenvalue weighted by Gasteiger charge is 2.41. The molecule has 1 aromatic carbocycles. The monoisotopic (exact) mass is 536 g/mol. The number of benzene rings is 1. The number of carboxylic acid groups (broad SMARTS) is 2. The van der Waals surface area contributed by atoms with Gasteiger partial charge in [-0.2, -0.15) is 0 Å². The summed E-state index contributed by atoms with van der Waals surface area (Å²) in [5.74, 6) is -1.44. The number of thiocarbonyl (C=S) groups is 1. The molecule has 10 nitrogen and oxygen atoms in total. The number of furan rings is 1. The molecule has 2 saturated heterocycles. The molecule has 4 heterocycles. The molecule has 11 heteroatoms. The largest absolute Gasteiger partial charge is 0.478 e. The molecule has 0 spiro atoms. The Labute approximate surface area is 224 Å². The zero-order valence-corrected chi connectivity index (χ0v) is 21.4. The topological polar surface area (TPSA) is 128 Å². The number of pyridine rings is 1. The van der Waals surface area contributed by atoms with Crippen LogP contribution in [-0.4, -0.2) is 81.4 Å². The van der Waals surface area contributed by atoms with Crippen LogP contribution in [0.15, 0.2) is 59.1 Å². The van der Waals surface area contributed by atoms with Crippen LogP contribution in [0.3, 0.4) is 0 Å². The summed E-state index contributed by atoms with van der Waals surface area (Å²) in [5.41, 5.74) is 0.931. The molecule has 0 bridgehead atoms. The molecular weight excluding hydrogens is 508 g/mol. The van der Waals surface area contributed by atoms with Crippen LogP contribution in [0.5, 0.6) is 0 Å². The fourth-order valence-electron chi connectivity index (χ4n) is 4.93. The maximum Gasteiger partial charge on any atom is 0.335 e. The fourth-order valence-corrected chi connectivity index (χ4v) is 5.26. The summed E-state index contributed by atoms with van der Waals surface area (Å²) in [4.78, 5) is 32.2. The van der Waals surface area contributed by atoms with E-state index >= 15 is 0 Å². The van der Waals surface area contributed by atoms with E-state index in [9.17, 15) is 19.8 Å². The van der Waals surface area contributed by atoms with Gasteiger partial charge in [0.15, 0.2) is 5.11 Å². The third kappa shape index (κ3) is 5.54. The highest BCUT2D eigenvalue weighted by atomic mass is 32.1. The molecule has 2 atom stereocenters. The van der Waals surface area contributed by atoms with Gasteiger partial charge in [-0.15, -0.1) is 0 Å². The molecule has 2 aliphatic rings. The Morgan fingerprint density at radius 2 is 1.76 bits per heavy atom. The first-order valence-corrected chi connectivity index (χ1v) is 12.8. The molecule has 2 aliphatic heterocycles. The van der Waals surface area contributed by atoms with Crippen LogP contribution < -0.4 is 5.32 Å². The molecule has 3 aromatic rings. The Balaban J connectivity index is 1.44. The van der Waals surface area contributed by atoms with Crippen LogP contribution in [0.2, 0.25) is 0 Å². The average molecular weight is 537 g/mol. The van der Waals surface area contributed by atoms with Gasteiger partial charge >= 0.3 is 11.9 Å². The molecule has 5 rings (SSSR count). The number of hydrogen-bond acceptors (Lipinski definition) is 7. The maximum atomic E-state index is 11.6. The molecule has 2 fully saturated rings. The summed E-state index contributed by atoms with van der Waals surface area (Å²) in [7, 11) is 0. The lowest BCUT2D eigenvalue weighted by Gasteiger charge is -2.29. The quantitative estimate of drug-likeness (QED) is 0.348. The highest BCUT2D eigenvalue weighted by molar-refractivity contribution is 7.80. The van der Waals surface area contributed by atoms with Gasteiger partial charge in [-0.3, -0.25) is 9.88 Å². The van der Waals surface area contributed by atoms with Gasteiger partial charge in [-0.05, 0) is 61.1 Å². The first-order valence-electron chi connectivity index (χ1n) is 12.4. The highest BCUT2D eigenvalue weighted by Crippen LogP contribution is 2.40. The zero-order chi connectivity index (χ0) is 26.6. The van der Waals surface area contributed by atoms with Crippen molar-refractivity contribution in [2.45, 2.75) is 18.5 Å². The van der Waals surface area contributed by atoms with Crippen molar-refractivity contribution in [2.75, 3.05) is 39.4 Å². The Bertz CT molecular complexity index is 1290. The number of aromatic nitrogens is 1. The lowest BCUT2D eigenvalue weighted by atomic mass is 10.0. The van der Waals surface area contributed by atoms with E-state index in [1.165, 1.54) is 12.1 Å². The number of carbonyl (C=O) groups is 2. The van der Waals surface area contributed by atoms with Crippen molar-refractivity contribution < 1.29 is 29.0 Å². The van der Waals surface area contributed by atoms with Crippen LogP contribution in [0.25, 0.3) is 11.3 Å². The summed E-state index contributed by atoms with van der Waals surface area (Å²) >= 11 is 5.74. The van der Waals surface area contributed by atoms with E-state index in [4.69, 9.17) is 21.4 Å². The van der Waals surface area contributed by atoms with Gasteiger partial charge in [0, 0.05) is 37.9 Å². The second kappa shape index (κ2) is 11.3. The number of carboxylic acids is 2. The van der Waals surface area contributed by atoms with Gasteiger partial charge < -0.3 is 29.6 Å². The van der Waals surface area contributed by atoms with Gasteiger partial charge in [0.25, 0.3) is 0 Å². The summed E-state index contributed by atoms with van der Waals surface area (Å²) in [6.07, 6.45) is 2.63. The van der Waals surface area contributed by atoms with Crippen LogP contribution >= 0.6 is 12.2 Å². The predicted octanol–water partition coefficient (Wildman–Crippen LogP) is 3.43. The van der Waals surface area contributed by atoms with Gasteiger partial charge in [-0.25, -0.2) is 9.59 Å². The van der Waals surface area contributed by atoms with Crippen molar-refractivity contribution in [1.29, 1.82) is 0 Å². The van der Waals surface area contributed by atoms with Crippen molar-refractivity contribution >= 4 is 29.3 Å². The zero-order valence-electron chi connectivity index (χ0n) is 20.6. The first-order chi connectivity index (χ1) is 18.4. The minimum Gasteiger partial charge on any atom is -0.478 e. The summed E-state index contributed by atoms with van der Waals surface area (Å²) in [5, 5.41) is 22.9. The Kier molecular flexibility index (Phi) is 7.68. The molecule has 0 aliphatic carbocycles. The standard InChI is InChI=1S/C27H28N4O6S/c32-25(33)18-14-17(15-19(16-18)26(34)35)21-5-6-22(37-21)24-23(20-4-1-2-7-28-20)29-27(38)31(24)9-3-8-30-10-12-36-13-11-30/h1-2,4-7,14-16,23-24H,3,8-13H2,(H,29,38)(H,32,33)(H,34,35)/t23-,24-/m0/s1. The van der Waals surface area contributed by atoms with Crippen LogP contribution in [0, 0.1) is 0 Å². The van der Waals surface area contributed by atoms with E-state index in [1.54, 1.807) is 12.3 Å². The number of hydrogen-bond donors (Lipinski definition) is 3. The van der Waals surface area contributed by atoms with E-state index in [2.05, 4.69) is 20.1 Å². The molecule has 3 N–H and O–H groups in total. The number of ether oxygens (including phenoxy) is 1. The first kappa shape index (κ1) is 25.8. The summed E-state index contributed by atoms with van der Waals surface area (Å²) in [6.45, 7) is 4.94. The van der Waals surface area contributed by atoms with E-state index < -0.39 is 11.9 Å². The number of morpholine rings is 1. The van der Waals surface area contributed by atoms with Gasteiger partial charge in [0.1, 0.15) is 17.6 Å². The van der Waals surface area contributed by atoms with E-state index in [-0.39, 0.29) is 23.2 Å².